The molecule has 2 N–H and O–H groups in total. The van der Waals surface area contributed by atoms with Crippen LogP contribution in [0.15, 0.2) is 36.4 Å². The fraction of sp³-hybridized carbons (Fsp3) is 0.500. The molecule has 9 nitrogen and oxygen atoms in total. The summed E-state index contributed by atoms with van der Waals surface area (Å²) in [7, 11) is 1.46. The summed E-state index contributed by atoms with van der Waals surface area (Å²) in [6, 6.07) is 9.55. The summed E-state index contributed by atoms with van der Waals surface area (Å²) in [4.78, 5) is 26.6. The van der Waals surface area contributed by atoms with E-state index in [1.54, 1.807) is 6.07 Å². The number of nitrogens with zero attached hydrogens (tertiary/aromatic N) is 4. The number of phenols is 1. The molecule has 262 valence electrons. The van der Waals surface area contributed by atoms with Gasteiger partial charge in [-0.25, -0.2) is 13.2 Å². The van der Waals surface area contributed by atoms with Gasteiger partial charge in [-0.15, -0.1) is 0 Å². The third kappa shape index (κ3) is 5.42. The number of aromatic hydroxyl groups is 1. The van der Waals surface area contributed by atoms with E-state index in [2.05, 4.69) is 20.1 Å². The Morgan fingerprint density at radius 2 is 1.70 bits per heavy atom. The molecule has 4 aromatic rings. The van der Waals surface area contributed by atoms with Gasteiger partial charge in [0.1, 0.15) is 17.1 Å². The van der Waals surface area contributed by atoms with E-state index in [-0.39, 0.29) is 56.5 Å². The van der Waals surface area contributed by atoms with Crippen molar-refractivity contribution in [3.05, 3.63) is 53.8 Å². The number of nitrogens with one attached hydrogen (secondary N) is 1. The number of phenolic OH excluding ortho intramolecular Hbond substituents is 1. The van der Waals surface area contributed by atoms with Crippen LogP contribution in [0.4, 0.5) is 19.0 Å². The van der Waals surface area contributed by atoms with Gasteiger partial charge in [-0.1, -0.05) is 12.1 Å². The van der Waals surface area contributed by atoms with Gasteiger partial charge >= 0.3 is 12.0 Å². The number of methoxy groups -OCH3 is 1. The Kier molecular flexibility index (Phi) is 7.61. The zero-order valence-electron chi connectivity index (χ0n) is 27.9. The number of halogens is 3. The van der Waals surface area contributed by atoms with Crippen LogP contribution in [0, 0.1) is 28.8 Å². The van der Waals surface area contributed by atoms with Gasteiger partial charge < -0.3 is 24.8 Å². The van der Waals surface area contributed by atoms with E-state index < -0.39 is 17.5 Å². The minimum atomic E-state index is -1.11. The van der Waals surface area contributed by atoms with Gasteiger partial charge in [-0.3, -0.25) is 9.69 Å². The first-order valence-corrected chi connectivity index (χ1v) is 17.8. The standard InChI is InChI=1S/C38H40F3N5O4/c1-49-36(48)21-12-24-5-6-25(13-21)46(24)18-38(10-11-38)19-50-37-43-34-28(35(44-37)45-16-22-3-4-23(17-45)42-22)8-7-27(32(34)40)29-15-26(47)14-20-2-9-30(39)33(41)31(20)29/h2,7-9,14-15,21-25,42,47H,3-6,10-13,16-19H2,1H3. The number of carbonyl (C=O) groups is 1. The van der Waals surface area contributed by atoms with E-state index in [9.17, 15) is 14.3 Å². The first-order chi connectivity index (χ1) is 24.2. The lowest BCUT2D eigenvalue weighted by Crippen LogP contribution is -2.51. The highest BCUT2D eigenvalue weighted by molar-refractivity contribution is 6.01. The normalized spacial score (nSPS) is 26.9. The van der Waals surface area contributed by atoms with Crippen LogP contribution >= 0.6 is 0 Å². The van der Waals surface area contributed by atoms with Gasteiger partial charge in [-0.2, -0.15) is 9.97 Å². The van der Waals surface area contributed by atoms with Gasteiger partial charge in [0.2, 0.25) is 0 Å². The van der Waals surface area contributed by atoms with E-state index in [4.69, 9.17) is 14.5 Å². The molecule has 12 heteroatoms. The van der Waals surface area contributed by atoms with Crippen molar-refractivity contribution in [1.82, 2.24) is 20.2 Å². The predicted molar refractivity (Wildman–Crippen MR) is 182 cm³/mol. The van der Waals surface area contributed by atoms with Crippen molar-refractivity contribution < 1.29 is 32.5 Å². The molecule has 4 saturated heterocycles. The number of rotatable bonds is 8. The molecule has 1 saturated carbocycles. The molecular formula is C38H40F3N5O4. The summed E-state index contributed by atoms with van der Waals surface area (Å²) in [6.07, 6.45) is 7.89. The quantitative estimate of drug-likeness (QED) is 0.213. The molecule has 4 aliphatic heterocycles. The fourth-order valence-corrected chi connectivity index (χ4v) is 9.22. The van der Waals surface area contributed by atoms with Crippen LogP contribution in [0.2, 0.25) is 0 Å². The lowest BCUT2D eigenvalue weighted by Gasteiger charge is -2.40. The van der Waals surface area contributed by atoms with Gasteiger partial charge in [0.05, 0.1) is 19.6 Å². The smallest absolute Gasteiger partial charge is 0.319 e. The average molecular weight is 688 g/mol. The number of esters is 1. The second-order valence-electron chi connectivity index (χ2n) is 15.2. The molecule has 4 bridgehead atoms. The van der Waals surface area contributed by atoms with Crippen molar-refractivity contribution in [2.75, 3.05) is 38.3 Å². The molecule has 5 heterocycles. The molecule has 5 aliphatic rings. The van der Waals surface area contributed by atoms with Crippen molar-refractivity contribution in [3.63, 3.8) is 0 Å². The Hall–Kier alpha value is -4.16. The second kappa shape index (κ2) is 12.0. The lowest BCUT2D eigenvalue weighted by atomic mass is 9.89. The molecular weight excluding hydrogens is 647 g/mol. The molecule has 0 radical (unpaired) electrons. The molecule has 1 aliphatic carbocycles. The van der Waals surface area contributed by atoms with Crippen LogP contribution in [0.1, 0.15) is 51.4 Å². The predicted octanol–water partition coefficient (Wildman–Crippen LogP) is 6.09. The van der Waals surface area contributed by atoms with E-state index in [1.165, 1.54) is 31.4 Å². The van der Waals surface area contributed by atoms with Gasteiger partial charge in [0.25, 0.3) is 0 Å². The largest absolute Gasteiger partial charge is 0.508 e. The third-order valence-corrected chi connectivity index (χ3v) is 12.0. The highest BCUT2D eigenvalue weighted by Crippen LogP contribution is 2.50. The zero-order chi connectivity index (χ0) is 34.3. The summed E-state index contributed by atoms with van der Waals surface area (Å²) >= 11 is 0. The molecule has 9 rings (SSSR count). The highest BCUT2D eigenvalue weighted by Gasteiger charge is 2.51. The molecule has 50 heavy (non-hydrogen) atoms. The maximum absolute atomic E-state index is 16.8. The number of carbonyl (C=O) groups excluding carboxylic acids is 1. The molecule has 5 fully saturated rings. The molecule has 0 spiro atoms. The van der Waals surface area contributed by atoms with Crippen molar-refractivity contribution in [2.45, 2.75) is 75.5 Å². The van der Waals surface area contributed by atoms with E-state index >= 15 is 8.78 Å². The first-order valence-electron chi connectivity index (χ1n) is 17.8. The maximum Gasteiger partial charge on any atom is 0.319 e. The van der Waals surface area contributed by atoms with Crippen molar-refractivity contribution in [3.8, 4) is 22.9 Å². The van der Waals surface area contributed by atoms with E-state index in [0.717, 1.165) is 64.0 Å². The number of piperazine rings is 1. The number of aromatic nitrogens is 2. The van der Waals surface area contributed by atoms with Crippen LogP contribution in [0.5, 0.6) is 11.8 Å². The topological polar surface area (TPSA) is 100 Å². The van der Waals surface area contributed by atoms with Crippen LogP contribution in [0.3, 0.4) is 0 Å². The number of fused-ring (bicyclic) bond motifs is 6. The van der Waals surface area contributed by atoms with Crippen LogP contribution in [-0.2, 0) is 9.53 Å². The van der Waals surface area contributed by atoms with E-state index in [1.807, 2.05) is 0 Å². The summed E-state index contributed by atoms with van der Waals surface area (Å²) in [5.74, 6) is -2.67. The van der Waals surface area contributed by atoms with Gasteiger partial charge in [0, 0.05) is 65.6 Å². The number of piperidine rings is 1. The Morgan fingerprint density at radius 1 is 0.960 bits per heavy atom. The minimum absolute atomic E-state index is 0.0108. The molecule has 4 atom stereocenters. The van der Waals surface area contributed by atoms with Crippen LogP contribution in [0.25, 0.3) is 32.8 Å². The maximum atomic E-state index is 16.8. The van der Waals surface area contributed by atoms with Crippen molar-refractivity contribution in [2.24, 2.45) is 11.3 Å². The molecule has 3 aromatic carbocycles. The average Bonchev–Trinajstić information content (AvgIpc) is 3.75. The Labute approximate surface area is 287 Å². The Morgan fingerprint density at radius 3 is 2.40 bits per heavy atom. The number of hydrogen-bond donors (Lipinski definition) is 2. The SMILES string of the molecule is COC(=O)C1CC2CCC(C1)N2CC1(COc2nc(N3CC4CCC(C3)N4)c3ccc(-c4cc(O)cc5ccc(F)c(F)c45)c(F)c3n2)CC1. The number of hydrogen-bond acceptors (Lipinski definition) is 9. The van der Waals surface area contributed by atoms with Gasteiger partial charge in [0.15, 0.2) is 17.5 Å². The third-order valence-electron chi connectivity index (χ3n) is 12.0. The summed E-state index contributed by atoms with van der Waals surface area (Å²) in [5.41, 5.74) is -0.0340. The Balaban J connectivity index is 1.06. The fourth-order valence-electron chi connectivity index (χ4n) is 9.22. The van der Waals surface area contributed by atoms with E-state index in [0.29, 0.717) is 55.1 Å². The van der Waals surface area contributed by atoms with Crippen LogP contribution in [-0.4, -0.2) is 83.5 Å². The van der Waals surface area contributed by atoms with Gasteiger partial charge in [-0.05, 0) is 86.6 Å². The summed E-state index contributed by atoms with van der Waals surface area (Å²) < 4.78 is 57.9. The number of ether oxygens (including phenoxy) is 2. The Bertz CT molecular complexity index is 2000. The monoisotopic (exact) mass is 687 g/mol. The second-order valence-corrected chi connectivity index (χ2v) is 15.2. The summed E-state index contributed by atoms with van der Waals surface area (Å²) in [6.45, 7) is 2.66. The number of anilines is 1. The lowest BCUT2D eigenvalue weighted by molar-refractivity contribution is -0.148. The van der Waals surface area contributed by atoms with Crippen LogP contribution < -0.4 is 15.0 Å². The van der Waals surface area contributed by atoms with Crippen molar-refractivity contribution in [1.29, 1.82) is 0 Å². The highest BCUT2D eigenvalue weighted by atomic mass is 19.2. The molecule has 0 amide bonds. The molecule has 1 aromatic heterocycles. The summed E-state index contributed by atoms with van der Waals surface area (Å²) in [5, 5.41) is 14.7. The minimum Gasteiger partial charge on any atom is -0.508 e. The number of benzene rings is 3. The van der Waals surface area contributed by atoms with Crippen molar-refractivity contribution >= 4 is 33.5 Å². The molecule has 4 unspecified atom stereocenters. The zero-order valence-corrected chi connectivity index (χ0v) is 27.9. The first kappa shape index (κ1) is 31.8.